The van der Waals surface area contributed by atoms with E-state index < -0.39 is 35.0 Å². The number of nitrogens with one attached hydrogen (secondary N) is 2. The molecule has 0 aliphatic heterocycles. The Morgan fingerprint density at radius 1 is 0.864 bits per heavy atom. The van der Waals surface area contributed by atoms with E-state index in [-0.39, 0.29) is 12.8 Å². The molecule has 2 amide bonds. The van der Waals surface area contributed by atoms with E-state index in [0.29, 0.717) is 37.8 Å². The first-order valence-electron chi connectivity index (χ1n) is 6.81. The van der Waals surface area contributed by atoms with Crippen LogP contribution in [0.1, 0.15) is 38.5 Å². The molecule has 0 bridgehead atoms. The van der Waals surface area contributed by atoms with Crippen LogP contribution in [0, 0.1) is 17.5 Å². The molecule has 3 N–H and O–H groups in total. The molecule has 0 aliphatic carbocycles. The summed E-state index contributed by atoms with van der Waals surface area (Å²) in [7, 11) is 0. The Kier molecular flexibility index (Phi) is 7.38. The third kappa shape index (κ3) is 6.13. The molecule has 0 aliphatic rings. The fourth-order valence-electron chi connectivity index (χ4n) is 1.81. The minimum absolute atomic E-state index is 0.102. The van der Waals surface area contributed by atoms with Crippen molar-refractivity contribution in [3.8, 4) is 0 Å². The van der Waals surface area contributed by atoms with E-state index in [2.05, 4.69) is 5.32 Å². The summed E-state index contributed by atoms with van der Waals surface area (Å²) in [5.74, 6) is -4.56. The second kappa shape index (κ2) is 9.04. The Labute approximate surface area is 125 Å². The number of halogens is 3. The maximum Gasteiger partial charge on any atom is 0.243 e. The van der Waals surface area contributed by atoms with Crippen molar-refractivity contribution in [1.82, 2.24) is 5.48 Å². The predicted octanol–water partition coefficient (Wildman–Crippen LogP) is 2.89. The number of carbonyl (C=O) groups is 2. The topological polar surface area (TPSA) is 78.4 Å². The van der Waals surface area contributed by atoms with Gasteiger partial charge in [-0.1, -0.05) is 12.8 Å². The monoisotopic (exact) mass is 318 g/mol. The van der Waals surface area contributed by atoms with Gasteiger partial charge in [0, 0.05) is 25.0 Å². The normalized spacial score (nSPS) is 10.4. The summed E-state index contributed by atoms with van der Waals surface area (Å²) in [6, 6.07) is 0.965. The summed E-state index contributed by atoms with van der Waals surface area (Å²) < 4.78 is 39.0. The Morgan fingerprint density at radius 3 is 2.00 bits per heavy atom. The lowest BCUT2D eigenvalue weighted by Crippen LogP contribution is -2.17. The molecule has 0 saturated heterocycles. The van der Waals surface area contributed by atoms with Gasteiger partial charge in [0.25, 0.3) is 0 Å². The molecular weight excluding hydrogens is 301 g/mol. The second-order valence-electron chi connectivity index (χ2n) is 4.74. The SMILES string of the molecule is O=C(CCCCCCC(=O)Nc1cc(F)c(F)cc1F)NO. The number of unbranched alkanes of at least 4 members (excludes halogenated alkanes) is 3. The molecule has 0 fully saturated rings. The van der Waals surface area contributed by atoms with Gasteiger partial charge in [0.15, 0.2) is 11.6 Å². The van der Waals surface area contributed by atoms with E-state index in [9.17, 15) is 22.8 Å². The van der Waals surface area contributed by atoms with Crippen molar-refractivity contribution in [1.29, 1.82) is 0 Å². The quantitative estimate of drug-likeness (QED) is 0.298. The van der Waals surface area contributed by atoms with Gasteiger partial charge < -0.3 is 5.32 Å². The summed E-state index contributed by atoms with van der Waals surface area (Å²) in [6.45, 7) is 0. The van der Waals surface area contributed by atoms with Crippen LogP contribution in [0.15, 0.2) is 12.1 Å². The number of hydrogen-bond donors (Lipinski definition) is 3. The Hall–Kier alpha value is -2.09. The zero-order chi connectivity index (χ0) is 16.5. The highest BCUT2D eigenvalue weighted by atomic mass is 19.2. The zero-order valence-corrected chi connectivity index (χ0v) is 11.8. The first kappa shape index (κ1) is 18.0. The molecule has 122 valence electrons. The highest BCUT2D eigenvalue weighted by Gasteiger charge is 2.12. The summed E-state index contributed by atoms with van der Waals surface area (Å²) >= 11 is 0. The Morgan fingerprint density at radius 2 is 1.41 bits per heavy atom. The van der Waals surface area contributed by atoms with Crippen molar-refractivity contribution < 1.29 is 28.0 Å². The number of anilines is 1. The Bertz CT molecular complexity index is 538. The molecule has 1 rings (SSSR count). The van der Waals surface area contributed by atoms with Crippen LogP contribution in [-0.4, -0.2) is 17.0 Å². The maximum atomic E-state index is 13.3. The average Bonchev–Trinajstić information content (AvgIpc) is 2.48. The van der Waals surface area contributed by atoms with Crippen LogP contribution in [0.2, 0.25) is 0 Å². The third-order valence-corrected chi connectivity index (χ3v) is 2.97. The van der Waals surface area contributed by atoms with Crippen LogP contribution in [0.3, 0.4) is 0 Å². The van der Waals surface area contributed by atoms with Crippen molar-refractivity contribution in [2.24, 2.45) is 0 Å². The average molecular weight is 318 g/mol. The first-order chi connectivity index (χ1) is 10.4. The van der Waals surface area contributed by atoms with Crippen LogP contribution < -0.4 is 10.8 Å². The van der Waals surface area contributed by atoms with Gasteiger partial charge in [-0.2, -0.15) is 0 Å². The second-order valence-corrected chi connectivity index (χ2v) is 4.74. The molecule has 0 saturated carbocycles. The number of rotatable bonds is 8. The van der Waals surface area contributed by atoms with Crippen LogP contribution in [0.25, 0.3) is 0 Å². The first-order valence-corrected chi connectivity index (χ1v) is 6.81. The van der Waals surface area contributed by atoms with E-state index in [1.54, 1.807) is 0 Å². The lowest BCUT2D eigenvalue weighted by molar-refractivity contribution is -0.129. The maximum absolute atomic E-state index is 13.3. The molecule has 0 heterocycles. The minimum Gasteiger partial charge on any atom is -0.324 e. The van der Waals surface area contributed by atoms with Gasteiger partial charge in [-0.3, -0.25) is 14.8 Å². The molecule has 1 aromatic rings. The van der Waals surface area contributed by atoms with E-state index >= 15 is 0 Å². The van der Waals surface area contributed by atoms with Crippen molar-refractivity contribution in [3.05, 3.63) is 29.6 Å². The molecule has 22 heavy (non-hydrogen) atoms. The van der Waals surface area contributed by atoms with Crippen molar-refractivity contribution in [3.63, 3.8) is 0 Å². The van der Waals surface area contributed by atoms with Crippen LogP contribution >= 0.6 is 0 Å². The number of hydrogen-bond acceptors (Lipinski definition) is 3. The van der Waals surface area contributed by atoms with Crippen molar-refractivity contribution >= 4 is 17.5 Å². The zero-order valence-electron chi connectivity index (χ0n) is 11.8. The molecular formula is C14H17F3N2O3. The number of carbonyl (C=O) groups excluding carboxylic acids is 2. The number of hydroxylamine groups is 1. The van der Waals surface area contributed by atoms with Gasteiger partial charge in [-0.15, -0.1) is 0 Å². The van der Waals surface area contributed by atoms with Crippen LogP contribution in [0.4, 0.5) is 18.9 Å². The lowest BCUT2D eigenvalue weighted by Gasteiger charge is -2.07. The van der Waals surface area contributed by atoms with Gasteiger partial charge in [-0.25, -0.2) is 18.7 Å². The molecule has 0 spiro atoms. The molecule has 0 unspecified atom stereocenters. The van der Waals surface area contributed by atoms with Crippen molar-refractivity contribution in [2.45, 2.75) is 38.5 Å². The summed E-state index contributed by atoms with van der Waals surface area (Å²) in [5.41, 5.74) is 1.12. The van der Waals surface area contributed by atoms with E-state index in [1.165, 1.54) is 5.48 Å². The molecule has 5 nitrogen and oxygen atoms in total. The third-order valence-electron chi connectivity index (χ3n) is 2.97. The van der Waals surface area contributed by atoms with Gasteiger partial charge in [0.2, 0.25) is 11.8 Å². The highest BCUT2D eigenvalue weighted by Crippen LogP contribution is 2.19. The minimum atomic E-state index is -1.32. The highest BCUT2D eigenvalue weighted by molar-refractivity contribution is 5.90. The Balaban J connectivity index is 2.27. The van der Waals surface area contributed by atoms with E-state index in [0.717, 1.165) is 0 Å². The van der Waals surface area contributed by atoms with Gasteiger partial charge in [0.1, 0.15) is 5.82 Å². The number of amides is 2. The smallest absolute Gasteiger partial charge is 0.243 e. The largest absolute Gasteiger partial charge is 0.324 e. The van der Waals surface area contributed by atoms with Gasteiger partial charge in [-0.05, 0) is 12.8 Å². The summed E-state index contributed by atoms with van der Waals surface area (Å²) in [6.07, 6.45) is 2.75. The predicted molar refractivity (Wildman–Crippen MR) is 72.6 cm³/mol. The van der Waals surface area contributed by atoms with Gasteiger partial charge in [0.05, 0.1) is 5.69 Å². The van der Waals surface area contributed by atoms with Crippen molar-refractivity contribution in [2.75, 3.05) is 5.32 Å². The molecule has 0 atom stereocenters. The molecule has 0 aromatic heterocycles. The van der Waals surface area contributed by atoms with Crippen LogP contribution in [-0.2, 0) is 9.59 Å². The summed E-state index contributed by atoms with van der Waals surface area (Å²) in [4.78, 5) is 22.3. The molecule has 1 aromatic carbocycles. The van der Waals surface area contributed by atoms with E-state index in [4.69, 9.17) is 5.21 Å². The van der Waals surface area contributed by atoms with Gasteiger partial charge >= 0.3 is 0 Å². The number of benzene rings is 1. The lowest BCUT2D eigenvalue weighted by atomic mass is 10.1. The fraction of sp³-hybridized carbons (Fsp3) is 0.429. The molecule has 0 radical (unpaired) electrons. The fourth-order valence-corrected chi connectivity index (χ4v) is 1.81. The standard InChI is InChI=1S/C14H17F3N2O3/c15-9-7-11(17)12(8-10(9)16)18-13(20)5-3-1-2-4-6-14(21)19-22/h7-8,22H,1-6H2,(H,18,20)(H,19,21). The van der Waals surface area contributed by atoms with Crippen LogP contribution in [0.5, 0.6) is 0 Å². The van der Waals surface area contributed by atoms with E-state index in [1.807, 2.05) is 0 Å². The molecule has 8 heteroatoms. The summed E-state index contributed by atoms with van der Waals surface area (Å²) in [5, 5.41) is 10.5.